The molecule has 3 rings (SSSR count). The topological polar surface area (TPSA) is 93.9 Å². The van der Waals surface area contributed by atoms with Gasteiger partial charge in [-0.25, -0.2) is 0 Å². The summed E-state index contributed by atoms with van der Waals surface area (Å²) in [6, 6.07) is 12.0. The van der Waals surface area contributed by atoms with Crippen LogP contribution >= 0.6 is 0 Å². The van der Waals surface area contributed by atoms with Crippen molar-refractivity contribution in [1.29, 1.82) is 0 Å². The molecule has 26 heavy (non-hydrogen) atoms. The Morgan fingerprint density at radius 3 is 2.58 bits per heavy atom. The van der Waals surface area contributed by atoms with Crippen molar-refractivity contribution in [3.8, 4) is 11.5 Å². The molecule has 2 amide bonds. The van der Waals surface area contributed by atoms with E-state index in [-0.39, 0.29) is 18.4 Å². The molecule has 1 heterocycles. The summed E-state index contributed by atoms with van der Waals surface area (Å²) in [7, 11) is 0. The minimum atomic E-state index is -0.300. The lowest BCUT2D eigenvalue weighted by molar-refractivity contribution is -0.116. The second-order valence-corrected chi connectivity index (χ2v) is 5.81. The SMILES string of the molecule is CCN(CC(=O)Nc1ccc2c(c1)OCCO2)C(=O)c1ccccc1N. The fourth-order valence-electron chi connectivity index (χ4n) is 2.68. The fraction of sp³-hybridized carbons (Fsp3) is 0.263. The molecule has 2 aromatic carbocycles. The maximum Gasteiger partial charge on any atom is 0.256 e. The van der Waals surface area contributed by atoms with Gasteiger partial charge in [-0.1, -0.05) is 12.1 Å². The van der Waals surface area contributed by atoms with Crippen LogP contribution in [0.25, 0.3) is 0 Å². The molecule has 0 unspecified atom stereocenters. The van der Waals surface area contributed by atoms with Crippen LogP contribution in [0.5, 0.6) is 11.5 Å². The molecule has 0 saturated heterocycles. The number of anilines is 2. The Bertz CT molecular complexity index is 822. The Morgan fingerprint density at radius 2 is 1.85 bits per heavy atom. The molecule has 7 heteroatoms. The third kappa shape index (κ3) is 3.88. The lowest BCUT2D eigenvalue weighted by Gasteiger charge is -2.22. The summed E-state index contributed by atoms with van der Waals surface area (Å²) in [5, 5.41) is 2.78. The lowest BCUT2D eigenvalue weighted by atomic mass is 10.1. The Kier molecular flexibility index (Phi) is 5.26. The number of carbonyl (C=O) groups excluding carboxylic acids is 2. The van der Waals surface area contributed by atoms with Gasteiger partial charge in [0.15, 0.2) is 11.5 Å². The van der Waals surface area contributed by atoms with Crippen molar-refractivity contribution in [1.82, 2.24) is 4.90 Å². The zero-order valence-corrected chi connectivity index (χ0v) is 14.5. The van der Waals surface area contributed by atoms with E-state index < -0.39 is 0 Å². The monoisotopic (exact) mass is 355 g/mol. The van der Waals surface area contributed by atoms with E-state index in [1.807, 2.05) is 6.92 Å². The van der Waals surface area contributed by atoms with Gasteiger partial charge in [0, 0.05) is 24.0 Å². The van der Waals surface area contributed by atoms with Gasteiger partial charge in [-0.05, 0) is 31.2 Å². The number of nitrogens with one attached hydrogen (secondary N) is 1. The number of likely N-dealkylation sites (N-methyl/N-ethyl adjacent to an activating group) is 1. The summed E-state index contributed by atoms with van der Waals surface area (Å²) in [5.74, 6) is 0.669. The van der Waals surface area contributed by atoms with Crippen LogP contribution in [-0.4, -0.2) is 43.0 Å². The first-order chi connectivity index (χ1) is 12.6. The number of carbonyl (C=O) groups is 2. The summed E-state index contributed by atoms with van der Waals surface area (Å²) in [6.07, 6.45) is 0. The third-order valence-electron chi connectivity index (χ3n) is 4.02. The number of ether oxygens (including phenoxy) is 2. The number of fused-ring (bicyclic) bond motifs is 1. The van der Waals surface area contributed by atoms with E-state index in [1.54, 1.807) is 42.5 Å². The average molecular weight is 355 g/mol. The molecule has 0 spiro atoms. The highest BCUT2D eigenvalue weighted by Gasteiger charge is 2.20. The van der Waals surface area contributed by atoms with Crippen molar-refractivity contribution in [2.75, 3.05) is 37.4 Å². The standard InChI is InChI=1S/C19H21N3O4/c1-2-22(19(24)14-5-3-4-6-15(14)20)12-18(23)21-13-7-8-16-17(11-13)26-10-9-25-16/h3-8,11H,2,9-10,12,20H2,1H3,(H,21,23). The molecule has 1 aliphatic rings. The smallest absolute Gasteiger partial charge is 0.256 e. The van der Waals surface area contributed by atoms with Gasteiger partial charge in [-0.2, -0.15) is 0 Å². The number of benzene rings is 2. The fourth-order valence-corrected chi connectivity index (χ4v) is 2.68. The molecule has 0 aliphatic carbocycles. The van der Waals surface area contributed by atoms with Gasteiger partial charge in [0.1, 0.15) is 19.8 Å². The van der Waals surface area contributed by atoms with Crippen molar-refractivity contribution >= 4 is 23.2 Å². The first-order valence-electron chi connectivity index (χ1n) is 8.41. The number of para-hydroxylation sites is 1. The lowest BCUT2D eigenvalue weighted by Crippen LogP contribution is -2.38. The van der Waals surface area contributed by atoms with Crippen LogP contribution in [0.3, 0.4) is 0 Å². The van der Waals surface area contributed by atoms with Crippen molar-refractivity contribution in [2.45, 2.75) is 6.92 Å². The molecule has 7 nitrogen and oxygen atoms in total. The minimum Gasteiger partial charge on any atom is -0.486 e. The highest BCUT2D eigenvalue weighted by atomic mass is 16.6. The molecule has 0 saturated carbocycles. The Labute approximate surface area is 151 Å². The number of nitrogen functional groups attached to an aromatic ring is 1. The molecule has 0 atom stereocenters. The van der Waals surface area contributed by atoms with Gasteiger partial charge in [-0.3, -0.25) is 9.59 Å². The third-order valence-corrected chi connectivity index (χ3v) is 4.02. The molecule has 0 fully saturated rings. The summed E-state index contributed by atoms with van der Waals surface area (Å²) in [6.45, 7) is 3.12. The number of nitrogens with two attached hydrogens (primary N) is 1. The van der Waals surface area contributed by atoms with E-state index in [0.29, 0.717) is 48.2 Å². The van der Waals surface area contributed by atoms with E-state index in [2.05, 4.69) is 5.32 Å². The van der Waals surface area contributed by atoms with Crippen molar-refractivity contribution in [3.05, 3.63) is 48.0 Å². The predicted molar refractivity (Wildman–Crippen MR) is 98.5 cm³/mol. The van der Waals surface area contributed by atoms with Crippen LogP contribution < -0.4 is 20.5 Å². The zero-order valence-electron chi connectivity index (χ0n) is 14.5. The maximum atomic E-state index is 12.6. The van der Waals surface area contributed by atoms with E-state index in [1.165, 1.54) is 4.90 Å². The number of hydrogen-bond acceptors (Lipinski definition) is 5. The summed E-state index contributed by atoms with van der Waals surface area (Å²) < 4.78 is 11.0. The van der Waals surface area contributed by atoms with Crippen molar-refractivity contribution < 1.29 is 19.1 Å². The van der Waals surface area contributed by atoms with Gasteiger partial charge < -0.3 is 25.4 Å². The molecular formula is C19H21N3O4. The summed E-state index contributed by atoms with van der Waals surface area (Å²) in [4.78, 5) is 26.4. The molecule has 136 valence electrons. The average Bonchev–Trinajstić information content (AvgIpc) is 2.66. The quantitative estimate of drug-likeness (QED) is 0.802. The molecule has 3 N–H and O–H groups in total. The van der Waals surface area contributed by atoms with Crippen molar-refractivity contribution in [2.24, 2.45) is 0 Å². The summed E-state index contributed by atoms with van der Waals surface area (Å²) >= 11 is 0. The van der Waals surface area contributed by atoms with E-state index in [4.69, 9.17) is 15.2 Å². The van der Waals surface area contributed by atoms with Gasteiger partial charge in [-0.15, -0.1) is 0 Å². The number of rotatable bonds is 5. The molecule has 0 radical (unpaired) electrons. The second kappa shape index (κ2) is 7.77. The first kappa shape index (κ1) is 17.6. The molecule has 1 aliphatic heterocycles. The van der Waals surface area contributed by atoms with Crippen LogP contribution in [0.4, 0.5) is 11.4 Å². The van der Waals surface area contributed by atoms with Crippen LogP contribution in [0.15, 0.2) is 42.5 Å². The normalized spacial score (nSPS) is 12.3. The van der Waals surface area contributed by atoms with Gasteiger partial charge in [0.05, 0.1) is 5.56 Å². The Balaban J connectivity index is 1.66. The van der Waals surface area contributed by atoms with E-state index in [0.717, 1.165) is 0 Å². The van der Waals surface area contributed by atoms with Crippen LogP contribution in [0.2, 0.25) is 0 Å². The Hall–Kier alpha value is -3.22. The van der Waals surface area contributed by atoms with E-state index in [9.17, 15) is 9.59 Å². The molecule has 2 aromatic rings. The number of hydrogen-bond donors (Lipinski definition) is 2. The highest BCUT2D eigenvalue weighted by molar-refractivity contribution is 6.02. The van der Waals surface area contributed by atoms with Crippen LogP contribution in [-0.2, 0) is 4.79 Å². The zero-order chi connectivity index (χ0) is 18.5. The predicted octanol–water partition coefficient (Wildman–Crippen LogP) is 2.14. The first-order valence-corrected chi connectivity index (χ1v) is 8.41. The van der Waals surface area contributed by atoms with Crippen molar-refractivity contribution in [3.63, 3.8) is 0 Å². The van der Waals surface area contributed by atoms with Crippen LogP contribution in [0, 0.1) is 0 Å². The minimum absolute atomic E-state index is 0.0713. The highest BCUT2D eigenvalue weighted by Crippen LogP contribution is 2.32. The second-order valence-electron chi connectivity index (χ2n) is 5.81. The molecule has 0 aromatic heterocycles. The largest absolute Gasteiger partial charge is 0.486 e. The van der Waals surface area contributed by atoms with Gasteiger partial charge in [0.2, 0.25) is 5.91 Å². The van der Waals surface area contributed by atoms with Gasteiger partial charge >= 0.3 is 0 Å². The number of amides is 2. The Morgan fingerprint density at radius 1 is 1.12 bits per heavy atom. The van der Waals surface area contributed by atoms with Gasteiger partial charge in [0.25, 0.3) is 5.91 Å². The number of nitrogens with zero attached hydrogens (tertiary/aromatic N) is 1. The molecular weight excluding hydrogens is 334 g/mol. The maximum absolute atomic E-state index is 12.6. The van der Waals surface area contributed by atoms with Crippen LogP contribution in [0.1, 0.15) is 17.3 Å². The summed E-state index contributed by atoms with van der Waals surface area (Å²) in [5.41, 5.74) is 7.23. The van der Waals surface area contributed by atoms with E-state index >= 15 is 0 Å². The molecule has 0 bridgehead atoms.